The Morgan fingerprint density at radius 2 is 2.07 bits per heavy atom. The number of nitrogens with one attached hydrogen (secondary N) is 2. The molecule has 29 heavy (non-hydrogen) atoms. The maximum absolute atomic E-state index is 12.2. The van der Waals surface area contributed by atoms with Crippen molar-refractivity contribution in [3.8, 4) is 5.75 Å². The Morgan fingerprint density at radius 1 is 1.21 bits per heavy atom. The Labute approximate surface area is 166 Å². The molecule has 148 valence electrons. The number of anilines is 1. The molecule has 0 aliphatic carbocycles. The van der Waals surface area contributed by atoms with Crippen LogP contribution in [-0.2, 0) is 11.2 Å². The van der Waals surface area contributed by atoms with E-state index in [1.807, 2.05) is 30.3 Å². The van der Waals surface area contributed by atoms with Gasteiger partial charge in [-0.2, -0.15) is 0 Å². The second-order valence-corrected chi connectivity index (χ2v) is 6.79. The average Bonchev–Trinajstić information content (AvgIpc) is 3.12. The van der Waals surface area contributed by atoms with Crippen molar-refractivity contribution in [2.24, 2.45) is 0 Å². The number of aryl methyl sites for hydroxylation is 1. The van der Waals surface area contributed by atoms with Crippen LogP contribution in [0.15, 0.2) is 57.7 Å². The Bertz CT molecular complexity index is 1190. The van der Waals surface area contributed by atoms with E-state index in [1.54, 1.807) is 18.2 Å². The Hall–Kier alpha value is -3.61. The number of carbonyl (C=O) groups excluding carboxylic acids is 1. The number of carbonyl (C=O) groups is 1. The topological polar surface area (TPSA) is 97.2 Å². The van der Waals surface area contributed by atoms with Crippen molar-refractivity contribution in [1.82, 2.24) is 9.97 Å². The fourth-order valence-corrected chi connectivity index (χ4v) is 3.20. The normalized spacial score (nSPS) is 11.1. The summed E-state index contributed by atoms with van der Waals surface area (Å²) in [5, 5.41) is 3.56. The van der Waals surface area contributed by atoms with Crippen molar-refractivity contribution in [3.05, 3.63) is 64.5 Å². The lowest BCUT2D eigenvalue weighted by Crippen LogP contribution is -2.20. The van der Waals surface area contributed by atoms with Crippen molar-refractivity contribution in [1.29, 1.82) is 0 Å². The molecule has 4 aromatic rings. The highest BCUT2D eigenvalue weighted by molar-refractivity contribution is 5.92. The number of unbranched alkanes of at least 4 members (excludes halogenated alkanes) is 1. The predicted molar refractivity (Wildman–Crippen MR) is 111 cm³/mol. The van der Waals surface area contributed by atoms with Crippen LogP contribution in [0.3, 0.4) is 0 Å². The third-order valence-electron chi connectivity index (χ3n) is 4.62. The first-order valence-electron chi connectivity index (χ1n) is 9.56. The first kappa shape index (κ1) is 18.7. The number of hydrogen-bond donors (Lipinski definition) is 2. The molecule has 0 radical (unpaired) electrons. The molecule has 4 rings (SSSR count). The van der Waals surface area contributed by atoms with Gasteiger partial charge in [0.1, 0.15) is 11.3 Å². The van der Waals surface area contributed by atoms with Gasteiger partial charge in [-0.05, 0) is 42.7 Å². The number of imidazole rings is 1. The molecule has 0 fully saturated rings. The van der Waals surface area contributed by atoms with Crippen molar-refractivity contribution in [2.75, 3.05) is 11.9 Å². The van der Waals surface area contributed by atoms with E-state index in [0.29, 0.717) is 17.3 Å². The highest BCUT2D eigenvalue weighted by Crippen LogP contribution is 2.24. The number of hydrogen-bond acceptors (Lipinski definition) is 5. The van der Waals surface area contributed by atoms with Crippen LogP contribution < -0.4 is 15.7 Å². The standard InChI is InChI=1S/C22H21N3O4/c1-2-3-6-14-11-21(27)29-19-12-15(9-10-16(14)19)28-13-20(26)25-22-23-17-7-4-5-8-18(17)24-22/h4-5,7-12H,2-3,6,13H2,1H3,(H2,23,24,25,26). The zero-order valence-electron chi connectivity index (χ0n) is 16.0. The van der Waals surface area contributed by atoms with Gasteiger partial charge in [0.25, 0.3) is 5.91 Å². The van der Waals surface area contributed by atoms with Gasteiger partial charge in [0, 0.05) is 17.5 Å². The lowest BCUT2D eigenvalue weighted by molar-refractivity contribution is -0.118. The molecule has 0 unspecified atom stereocenters. The Kier molecular flexibility index (Phi) is 5.29. The van der Waals surface area contributed by atoms with Crippen LogP contribution in [-0.4, -0.2) is 22.5 Å². The van der Waals surface area contributed by atoms with Gasteiger partial charge >= 0.3 is 5.63 Å². The third-order valence-corrected chi connectivity index (χ3v) is 4.62. The smallest absolute Gasteiger partial charge is 0.336 e. The summed E-state index contributed by atoms with van der Waals surface area (Å²) in [6.07, 6.45) is 2.86. The highest BCUT2D eigenvalue weighted by atomic mass is 16.5. The average molecular weight is 391 g/mol. The van der Waals surface area contributed by atoms with Crippen LogP contribution >= 0.6 is 0 Å². The lowest BCUT2D eigenvalue weighted by Gasteiger charge is -2.08. The van der Waals surface area contributed by atoms with Crippen molar-refractivity contribution >= 4 is 33.9 Å². The Morgan fingerprint density at radius 3 is 2.90 bits per heavy atom. The van der Waals surface area contributed by atoms with E-state index in [2.05, 4.69) is 22.2 Å². The fraction of sp³-hybridized carbons (Fsp3) is 0.227. The number of para-hydroxylation sites is 2. The van der Waals surface area contributed by atoms with Crippen molar-refractivity contribution in [3.63, 3.8) is 0 Å². The van der Waals surface area contributed by atoms with Gasteiger partial charge in [-0.25, -0.2) is 9.78 Å². The molecule has 2 aromatic heterocycles. The van der Waals surface area contributed by atoms with Gasteiger partial charge in [0.05, 0.1) is 11.0 Å². The van der Waals surface area contributed by atoms with Gasteiger partial charge < -0.3 is 14.1 Å². The second kappa shape index (κ2) is 8.18. The zero-order valence-corrected chi connectivity index (χ0v) is 16.0. The molecule has 7 nitrogen and oxygen atoms in total. The minimum Gasteiger partial charge on any atom is -0.484 e. The minimum atomic E-state index is -0.386. The maximum atomic E-state index is 12.2. The summed E-state index contributed by atoms with van der Waals surface area (Å²) in [5.74, 6) is 0.472. The van der Waals surface area contributed by atoms with Crippen LogP contribution in [0, 0.1) is 0 Å². The molecule has 7 heteroatoms. The summed E-state index contributed by atoms with van der Waals surface area (Å²) < 4.78 is 10.9. The number of benzene rings is 2. The predicted octanol–water partition coefficient (Wildman–Crippen LogP) is 4.03. The number of rotatable bonds is 7. The minimum absolute atomic E-state index is 0.192. The zero-order chi connectivity index (χ0) is 20.2. The van der Waals surface area contributed by atoms with E-state index in [0.717, 1.165) is 41.2 Å². The molecule has 0 saturated heterocycles. The van der Waals surface area contributed by atoms with Gasteiger partial charge in [-0.3, -0.25) is 10.1 Å². The summed E-state index contributed by atoms with van der Waals surface area (Å²) in [4.78, 5) is 31.4. The van der Waals surface area contributed by atoms with Gasteiger partial charge in [0.2, 0.25) is 5.95 Å². The van der Waals surface area contributed by atoms with E-state index < -0.39 is 0 Å². The number of aromatic nitrogens is 2. The van der Waals surface area contributed by atoms with E-state index in [4.69, 9.17) is 9.15 Å². The highest BCUT2D eigenvalue weighted by Gasteiger charge is 2.10. The van der Waals surface area contributed by atoms with E-state index >= 15 is 0 Å². The second-order valence-electron chi connectivity index (χ2n) is 6.79. The molecule has 1 amide bonds. The lowest BCUT2D eigenvalue weighted by atomic mass is 10.0. The van der Waals surface area contributed by atoms with Crippen molar-refractivity contribution < 1.29 is 13.9 Å². The van der Waals surface area contributed by atoms with Gasteiger partial charge in [-0.1, -0.05) is 25.5 Å². The maximum Gasteiger partial charge on any atom is 0.336 e. The molecule has 0 aliphatic rings. The summed E-state index contributed by atoms with van der Waals surface area (Å²) in [5.41, 5.74) is 2.65. The fourth-order valence-electron chi connectivity index (χ4n) is 3.20. The number of amides is 1. The van der Waals surface area contributed by atoms with Crippen molar-refractivity contribution in [2.45, 2.75) is 26.2 Å². The van der Waals surface area contributed by atoms with Crippen LogP contribution in [0.4, 0.5) is 5.95 Å². The van der Waals surface area contributed by atoms with E-state index in [1.165, 1.54) is 0 Å². The monoisotopic (exact) mass is 391 g/mol. The van der Waals surface area contributed by atoms with E-state index in [-0.39, 0.29) is 18.1 Å². The number of fused-ring (bicyclic) bond motifs is 2. The quantitative estimate of drug-likeness (QED) is 0.464. The molecular formula is C22H21N3O4. The summed E-state index contributed by atoms with van der Waals surface area (Å²) in [6, 6.07) is 14.3. The molecule has 2 aromatic carbocycles. The molecule has 2 N–H and O–H groups in total. The largest absolute Gasteiger partial charge is 0.484 e. The van der Waals surface area contributed by atoms with Crippen LogP contribution in [0.5, 0.6) is 5.75 Å². The van der Waals surface area contributed by atoms with Crippen LogP contribution in [0.25, 0.3) is 22.0 Å². The molecule has 0 atom stereocenters. The van der Waals surface area contributed by atoms with Gasteiger partial charge in [0.15, 0.2) is 6.61 Å². The number of ether oxygens (including phenoxy) is 1. The number of aromatic amines is 1. The summed E-state index contributed by atoms with van der Waals surface area (Å²) in [7, 11) is 0. The Balaban J connectivity index is 1.44. The number of H-pyrrole nitrogens is 1. The first-order valence-corrected chi connectivity index (χ1v) is 9.56. The van der Waals surface area contributed by atoms with Crippen LogP contribution in [0.2, 0.25) is 0 Å². The third kappa shape index (κ3) is 4.29. The summed E-state index contributed by atoms with van der Waals surface area (Å²) >= 11 is 0. The molecular weight excluding hydrogens is 370 g/mol. The first-order chi connectivity index (χ1) is 14.1. The molecule has 0 bridgehead atoms. The van der Waals surface area contributed by atoms with Crippen LogP contribution in [0.1, 0.15) is 25.3 Å². The SMILES string of the molecule is CCCCc1cc(=O)oc2cc(OCC(=O)Nc3nc4ccccc4[nH]3)ccc12. The molecule has 0 aliphatic heterocycles. The summed E-state index contributed by atoms with van der Waals surface area (Å²) in [6.45, 7) is 1.91. The van der Waals surface area contributed by atoms with Gasteiger partial charge in [-0.15, -0.1) is 0 Å². The number of nitrogens with zero attached hydrogens (tertiary/aromatic N) is 1. The molecule has 0 saturated carbocycles. The molecule has 2 heterocycles. The molecule has 0 spiro atoms. The van der Waals surface area contributed by atoms with E-state index in [9.17, 15) is 9.59 Å².